The molecular formula is C40H61NO9. The molecule has 0 saturated carbocycles. The second kappa shape index (κ2) is 26.7. The molecule has 1 amide bonds. The monoisotopic (exact) mass is 699 g/mol. The van der Waals surface area contributed by atoms with E-state index in [0.717, 1.165) is 12.8 Å². The van der Waals surface area contributed by atoms with Crippen LogP contribution in [0.4, 0.5) is 4.79 Å². The van der Waals surface area contributed by atoms with Crippen LogP contribution in [0.25, 0.3) is 11.1 Å². The number of hydrogen-bond acceptors (Lipinski definition) is 9. The van der Waals surface area contributed by atoms with E-state index in [2.05, 4.69) is 31.2 Å². The molecular weight excluding hydrogens is 638 g/mol. The molecule has 0 bridgehead atoms. The summed E-state index contributed by atoms with van der Waals surface area (Å²) in [6.07, 6.45) is 11.2. The minimum absolute atomic E-state index is 0.0404. The summed E-state index contributed by atoms with van der Waals surface area (Å²) in [4.78, 5) is 25.9. The number of fused-ring (bicyclic) bond motifs is 3. The van der Waals surface area contributed by atoms with E-state index in [0.29, 0.717) is 85.6 Å². The second-order valence-electron chi connectivity index (χ2n) is 12.6. The average molecular weight is 700 g/mol. The Morgan fingerprint density at radius 1 is 0.560 bits per heavy atom. The van der Waals surface area contributed by atoms with Gasteiger partial charge in [0.1, 0.15) is 13.2 Å². The van der Waals surface area contributed by atoms with E-state index in [9.17, 15) is 9.59 Å². The molecule has 2 aromatic carbocycles. The number of ether oxygens (including phenoxy) is 7. The van der Waals surface area contributed by atoms with Crippen molar-refractivity contribution in [2.75, 3.05) is 92.9 Å². The number of likely N-dealkylation sites (N-methyl/N-ethyl adjacent to an activating group) is 1. The van der Waals surface area contributed by atoms with Gasteiger partial charge in [0.05, 0.1) is 66.1 Å². The fourth-order valence-corrected chi connectivity index (χ4v) is 5.85. The lowest BCUT2D eigenvalue weighted by molar-refractivity contribution is -0.145. The van der Waals surface area contributed by atoms with E-state index in [-0.39, 0.29) is 24.6 Å². The van der Waals surface area contributed by atoms with Gasteiger partial charge in [-0.2, -0.15) is 0 Å². The molecule has 10 nitrogen and oxygen atoms in total. The van der Waals surface area contributed by atoms with Crippen LogP contribution in [-0.4, -0.2) is 110 Å². The molecule has 0 N–H and O–H groups in total. The van der Waals surface area contributed by atoms with Gasteiger partial charge in [-0.3, -0.25) is 4.79 Å². The van der Waals surface area contributed by atoms with Crippen molar-refractivity contribution in [3.05, 3.63) is 59.7 Å². The lowest BCUT2D eigenvalue weighted by Gasteiger charge is -2.19. The Morgan fingerprint density at radius 3 is 1.52 bits per heavy atom. The molecule has 50 heavy (non-hydrogen) atoms. The van der Waals surface area contributed by atoms with Gasteiger partial charge in [0.25, 0.3) is 0 Å². The zero-order valence-corrected chi connectivity index (χ0v) is 30.6. The molecule has 1 aliphatic carbocycles. The fraction of sp³-hybridized carbons (Fsp3) is 0.650. The molecule has 10 heteroatoms. The number of amides is 1. The highest BCUT2D eigenvalue weighted by Crippen LogP contribution is 2.44. The summed E-state index contributed by atoms with van der Waals surface area (Å²) in [6.45, 7) is 7.66. The number of nitrogens with zero attached hydrogens (tertiary/aromatic N) is 1. The Balaban J connectivity index is 1.03. The molecule has 0 heterocycles. The number of esters is 1. The molecule has 0 atom stereocenters. The van der Waals surface area contributed by atoms with Crippen molar-refractivity contribution in [2.45, 2.75) is 77.0 Å². The fourth-order valence-electron chi connectivity index (χ4n) is 5.85. The molecule has 0 spiro atoms. The van der Waals surface area contributed by atoms with E-state index in [1.54, 1.807) is 7.05 Å². The van der Waals surface area contributed by atoms with Crippen LogP contribution < -0.4 is 0 Å². The molecule has 2 aromatic rings. The second-order valence-corrected chi connectivity index (χ2v) is 12.6. The smallest absolute Gasteiger partial charge is 0.409 e. The number of benzene rings is 2. The van der Waals surface area contributed by atoms with Crippen molar-refractivity contribution in [2.24, 2.45) is 0 Å². The number of carbonyl (C=O) groups is 2. The minimum atomic E-state index is -0.363. The Hall–Kier alpha value is -3.02. The first-order valence-electron chi connectivity index (χ1n) is 18.7. The Labute approximate surface area is 300 Å². The van der Waals surface area contributed by atoms with Crippen LogP contribution >= 0.6 is 0 Å². The largest absolute Gasteiger partial charge is 0.463 e. The van der Waals surface area contributed by atoms with Crippen molar-refractivity contribution in [3.8, 4) is 11.1 Å². The van der Waals surface area contributed by atoms with E-state index >= 15 is 0 Å². The highest BCUT2D eigenvalue weighted by molar-refractivity contribution is 5.79. The Kier molecular flexibility index (Phi) is 22.1. The molecule has 0 unspecified atom stereocenters. The maximum absolute atomic E-state index is 12.6. The number of carbonyl (C=O) groups excluding carboxylic acids is 2. The Morgan fingerprint density at radius 2 is 1.00 bits per heavy atom. The third kappa shape index (κ3) is 16.8. The van der Waals surface area contributed by atoms with Gasteiger partial charge in [0.2, 0.25) is 0 Å². The van der Waals surface area contributed by atoms with E-state index in [1.807, 2.05) is 24.3 Å². The van der Waals surface area contributed by atoms with Crippen LogP contribution in [0.15, 0.2) is 48.5 Å². The minimum Gasteiger partial charge on any atom is -0.463 e. The van der Waals surface area contributed by atoms with Crippen LogP contribution in [0.2, 0.25) is 0 Å². The first-order chi connectivity index (χ1) is 24.6. The van der Waals surface area contributed by atoms with Crippen LogP contribution in [0.3, 0.4) is 0 Å². The standard InChI is InChI=1S/C40H61NO9/c1-3-4-5-6-7-8-9-10-11-20-39(42)49-32-31-48-30-29-47-28-27-46-26-25-45-24-23-44-22-21-41(2)40(43)50-33-38-36-18-14-12-16-34(36)35-17-13-15-19-37(35)38/h12-19,38H,3-11,20-33H2,1-2H3. The number of hydrogen-bond donors (Lipinski definition) is 0. The van der Waals surface area contributed by atoms with Gasteiger partial charge < -0.3 is 38.1 Å². The van der Waals surface area contributed by atoms with Gasteiger partial charge in [-0.25, -0.2) is 4.79 Å². The summed E-state index contributed by atoms with van der Waals surface area (Å²) >= 11 is 0. The SMILES string of the molecule is CCCCCCCCCCCC(=O)OCCOCCOCCOCCOCCOCCN(C)C(=O)OCC1c2ccccc2-c2ccccc21. The first kappa shape index (κ1) is 41.4. The number of unbranched alkanes of at least 4 members (excludes halogenated alkanes) is 8. The van der Waals surface area contributed by atoms with E-state index < -0.39 is 0 Å². The van der Waals surface area contributed by atoms with Crippen molar-refractivity contribution < 1.29 is 42.7 Å². The summed E-state index contributed by atoms with van der Waals surface area (Å²) < 4.78 is 38.5. The van der Waals surface area contributed by atoms with Gasteiger partial charge in [-0.15, -0.1) is 0 Å². The van der Waals surface area contributed by atoms with Crippen LogP contribution in [-0.2, 0) is 38.0 Å². The lowest BCUT2D eigenvalue weighted by atomic mass is 9.98. The van der Waals surface area contributed by atoms with Gasteiger partial charge in [-0.1, -0.05) is 107 Å². The topological polar surface area (TPSA) is 102 Å². The average Bonchev–Trinajstić information content (AvgIpc) is 3.45. The summed E-state index contributed by atoms with van der Waals surface area (Å²) in [5.74, 6) is -0.101. The predicted octanol–water partition coefficient (Wildman–Crippen LogP) is 7.41. The van der Waals surface area contributed by atoms with Crippen molar-refractivity contribution in [1.82, 2.24) is 4.90 Å². The Bertz CT molecular complexity index is 1150. The molecule has 0 aliphatic heterocycles. The van der Waals surface area contributed by atoms with Gasteiger partial charge in [-0.05, 0) is 28.7 Å². The van der Waals surface area contributed by atoms with Crippen molar-refractivity contribution in [3.63, 3.8) is 0 Å². The zero-order chi connectivity index (χ0) is 35.5. The van der Waals surface area contributed by atoms with Crippen LogP contribution in [0.1, 0.15) is 88.2 Å². The van der Waals surface area contributed by atoms with Gasteiger partial charge in [0.15, 0.2) is 0 Å². The molecule has 0 radical (unpaired) electrons. The normalized spacial score (nSPS) is 12.1. The maximum atomic E-state index is 12.6. The highest BCUT2D eigenvalue weighted by Gasteiger charge is 2.29. The third-order valence-electron chi connectivity index (χ3n) is 8.68. The molecule has 3 rings (SSSR count). The maximum Gasteiger partial charge on any atom is 0.409 e. The summed E-state index contributed by atoms with van der Waals surface area (Å²) in [6, 6.07) is 16.6. The zero-order valence-electron chi connectivity index (χ0n) is 30.6. The van der Waals surface area contributed by atoms with Gasteiger partial charge in [0, 0.05) is 25.9 Å². The quantitative estimate of drug-likeness (QED) is 0.0609. The molecule has 0 aromatic heterocycles. The summed E-state index contributed by atoms with van der Waals surface area (Å²) in [5, 5.41) is 0. The first-order valence-corrected chi connectivity index (χ1v) is 18.7. The van der Waals surface area contributed by atoms with E-state index in [4.69, 9.17) is 33.2 Å². The van der Waals surface area contributed by atoms with Crippen molar-refractivity contribution >= 4 is 12.1 Å². The third-order valence-corrected chi connectivity index (χ3v) is 8.68. The van der Waals surface area contributed by atoms with Crippen LogP contribution in [0, 0.1) is 0 Å². The van der Waals surface area contributed by atoms with Crippen LogP contribution in [0.5, 0.6) is 0 Å². The molecule has 1 aliphatic rings. The lowest BCUT2D eigenvalue weighted by Crippen LogP contribution is -2.32. The van der Waals surface area contributed by atoms with E-state index in [1.165, 1.54) is 72.1 Å². The summed E-state index contributed by atoms with van der Waals surface area (Å²) in [7, 11) is 1.71. The molecule has 280 valence electrons. The van der Waals surface area contributed by atoms with Crippen molar-refractivity contribution in [1.29, 1.82) is 0 Å². The number of rotatable bonds is 30. The molecule has 0 fully saturated rings. The van der Waals surface area contributed by atoms with Gasteiger partial charge >= 0.3 is 12.1 Å². The summed E-state index contributed by atoms with van der Waals surface area (Å²) in [5.41, 5.74) is 4.80. The highest BCUT2D eigenvalue weighted by atomic mass is 16.6. The molecule has 0 saturated heterocycles. The predicted molar refractivity (Wildman–Crippen MR) is 195 cm³/mol.